The van der Waals surface area contributed by atoms with Crippen LogP contribution in [0.4, 0.5) is 0 Å². The molecule has 0 aromatic rings. The Labute approximate surface area is 109 Å². The van der Waals surface area contributed by atoms with E-state index in [0.717, 1.165) is 5.92 Å². The molecule has 1 atom stereocenters. The van der Waals surface area contributed by atoms with Crippen LogP contribution in [0, 0.1) is 5.92 Å². The zero-order chi connectivity index (χ0) is 8.27. The van der Waals surface area contributed by atoms with Gasteiger partial charge in [0.05, 0.1) is 0 Å². The van der Waals surface area contributed by atoms with Gasteiger partial charge >= 0.3 is 84.8 Å². The van der Waals surface area contributed by atoms with Gasteiger partial charge < -0.3 is 24.8 Å². The molecular weight excluding hydrogens is 282 g/mol. The molecule has 0 saturated carbocycles. The second-order valence-electron chi connectivity index (χ2n) is 3.27. The van der Waals surface area contributed by atoms with E-state index in [-0.39, 0.29) is 24.8 Å². The van der Waals surface area contributed by atoms with Gasteiger partial charge in [-0.2, -0.15) is 0 Å². The second-order valence-corrected chi connectivity index (χ2v) is 4.85. The van der Waals surface area contributed by atoms with Crippen molar-refractivity contribution in [2.75, 3.05) is 0 Å². The Hall–Kier alpha value is 0.943. The topological polar surface area (TPSA) is 0 Å². The predicted molar refractivity (Wildman–Crippen MR) is 44.9 cm³/mol. The van der Waals surface area contributed by atoms with Crippen molar-refractivity contribution in [2.45, 2.75) is 33.1 Å². The Balaban J connectivity index is 0. The fourth-order valence-electron chi connectivity index (χ4n) is 1.49. The maximum absolute atomic E-state index is 2.39. The van der Waals surface area contributed by atoms with Crippen LogP contribution in [0.5, 0.6) is 0 Å². The first-order chi connectivity index (χ1) is 5.24. The Morgan fingerprint density at radius 1 is 1.46 bits per heavy atom. The number of rotatable bonds is 3. The molecule has 0 heterocycles. The molecule has 0 radical (unpaired) electrons. The van der Waals surface area contributed by atoms with E-state index in [1.807, 2.05) is 0 Å². The smallest absolute Gasteiger partial charge is 1.00 e. The third-order valence-electron chi connectivity index (χ3n) is 2.19. The van der Waals surface area contributed by atoms with Crippen molar-refractivity contribution in [1.82, 2.24) is 0 Å². The molecule has 0 spiro atoms. The molecule has 1 aliphatic rings. The largest absolute Gasteiger partial charge is 1.00 e. The van der Waals surface area contributed by atoms with Crippen molar-refractivity contribution in [2.24, 2.45) is 5.92 Å². The minimum absolute atomic E-state index is 0. The fourth-order valence-corrected chi connectivity index (χ4v) is 2.15. The van der Waals surface area contributed by atoms with Gasteiger partial charge in [0.15, 0.2) is 0 Å². The molecule has 1 aliphatic carbocycles. The fraction of sp³-hybridized carbons (Fsp3) is 0.600. The first kappa shape index (κ1) is 16.4. The SMILES string of the molecule is CCCC(C)C1=CC[C]([Zr+2])=C1.[Cl-].[Cl-]. The average molecular weight is 297 g/mol. The Bertz CT molecular complexity index is 197. The maximum Gasteiger partial charge on any atom is -1.00 e. The van der Waals surface area contributed by atoms with Crippen LogP contribution in [-0.4, -0.2) is 0 Å². The molecule has 0 nitrogen and oxygen atoms in total. The van der Waals surface area contributed by atoms with E-state index < -0.39 is 0 Å². The minimum atomic E-state index is 0. The van der Waals surface area contributed by atoms with Crippen LogP contribution < -0.4 is 24.8 Å². The van der Waals surface area contributed by atoms with Crippen LogP contribution in [0.25, 0.3) is 0 Å². The quantitative estimate of drug-likeness (QED) is 0.528. The van der Waals surface area contributed by atoms with Crippen LogP contribution in [0.3, 0.4) is 0 Å². The molecule has 1 unspecified atom stereocenters. The van der Waals surface area contributed by atoms with Crippen LogP contribution in [-0.2, 0) is 24.7 Å². The molecule has 0 aliphatic heterocycles. The summed E-state index contributed by atoms with van der Waals surface area (Å²) in [6.07, 6.45) is 8.65. The maximum atomic E-state index is 2.39. The van der Waals surface area contributed by atoms with Crippen molar-refractivity contribution >= 4 is 0 Å². The van der Waals surface area contributed by atoms with Gasteiger partial charge in [0.25, 0.3) is 0 Å². The van der Waals surface area contributed by atoms with Gasteiger partial charge in [-0.1, -0.05) is 0 Å². The van der Waals surface area contributed by atoms with Crippen LogP contribution >= 0.6 is 0 Å². The summed E-state index contributed by atoms with van der Waals surface area (Å²) in [6, 6.07) is 0. The molecule has 73 valence electrons. The monoisotopic (exact) mass is 295 g/mol. The zero-order valence-electron chi connectivity index (χ0n) is 8.11. The Morgan fingerprint density at radius 2 is 2.08 bits per heavy atom. The molecule has 0 N–H and O–H groups in total. The van der Waals surface area contributed by atoms with E-state index in [2.05, 4.69) is 26.0 Å². The summed E-state index contributed by atoms with van der Waals surface area (Å²) in [4.78, 5) is 0. The van der Waals surface area contributed by atoms with Gasteiger partial charge in [-0.25, -0.2) is 0 Å². The summed E-state index contributed by atoms with van der Waals surface area (Å²) >= 11 is 1.59. The summed E-state index contributed by atoms with van der Waals surface area (Å²) in [7, 11) is 0. The van der Waals surface area contributed by atoms with E-state index >= 15 is 0 Å². The number of allylic oxidation sites excluding steroid dienone is 4. The van der Waals surface area contributed by atoms with Gasteiger partial charge in [-0.3, -0.25) is 0 Å². The van der Waals surface area contributed by atoms with Crippen molar-refractivity contribution in [3.05, 3.63) is 21.0 Å². The summed E-state index contributed by atoms with van der Waals surface area (Å²) in [5.74, 6) is 0.790. The average Bonchev–Trinajstić information content (AvgIpc) is 2.36. The first-order valence-corrected chi connectivity index (χ1v) is 5.59. The summed E-state index contributed by atoms with van der Waals surface area (Å²) in [5.41, 5.74) is 1.58. The van der Waals surface area contributed by atoms with Gasteiger partial charge in [-0.05, 0) is 0 Å². The molecular formula is C10H15Cl2Zr. The van der Waals surface area contributed by atoms with Crippen LogP contribution in [0.2, 0.25) is 0 Å². The van der Waals surface area contributed by atoms with E-state index in [1.165, 1.54) is 19.3 Å². The van der Waals surface area contributed by atoms with Gasteiger partial charge in [-0.15, -0.1) is 0 Å². The molecule has 0 fully saturated rings. The second kappa shape index (κ2) is 8.27. The molecule has 0 bridgehead atoms. The molecule has 1 rings (SSSR count). The van der Waals surface area contributed by atoms with E-state index in [4.69, 9.17) is 0 Å². The molecule has 0 aromatic carbocycles. The summed E-state index contributed by atoms with van der Waals surface area (Å²) in [5, 5.41) is 0. The first-order valence-electron chi connectivity index (χ1n) is 4.36. The van der Waals surface area contributed by atoms with Crippen LogP contribution in [0.1, 0.15) is 33.1 Å². The number of halogens is 2. The van der Waals surface area contributed by atoms with Crippen LogP contribution in [0.15, 0.2) is 21.0 Å². The molecule has 0 saturated heterocycles. The van der Waals surface area contributed by atoms with E-state index in [9.17, 15) is 0 Å². The molecule has 0 amide bonds. The zero-order valence-corrected chi connectivity index (χ0v) is 12.1. The molecule has 3 heteroatoms. The van der Waals surface area contributed by atoms with E-state index in [1.54, 1.807) is 33.6 Å². The minimum Gasteiger partial charge on any atom is -1.00 e. The number of hydrogen-bond acceptors (Lipinski definition) is 0. The third-order valence-corrected chi connectivity index (χ3v) is 3.05. The Kier molecular flexibility index (Phi) is 10.4. The molecule has 13 heavy (non-hydrogen) atoms. The number of hydrogen-bond donors (Lipinski definition) is 0. The van der Waals surface area contributed by atoms with Gasteiger partial charge in [0.2, 0.25) is 0 Å². The molecule has 0 aromatic heterocycles. The van der Waals surface area contributed by atoms with Crippen molar-refractivity contribution < 1.29 is 49.5 Å². The van der Waals surface area contributed by atoms with Crippen molar-refractivity contribution in [1.29, 1.82) is 0 Å². The Morgan fingerprint density at radius 3 is 2.46 bits per heavy atom. The van der Waals surface area contributed by atoms with Crippen molar-refractivity contribution in [3.63, 3.8) is 0 Å². The van der Waals surface area contributed by atoms with Gasteiger partial charge in [0.1, 0.15) is 0 Å². The van der Waals surface area contributed by atoms with Crippen molar-refractivity contribution in [3.8, 4) is 0 Å². The van der Waals surface area contributed by atoms with E-state index in [0.29, 0.717) is 0 Å². The van der Waals surface area contributed by atoms with Gasteiger partial charge in [0, 0.05) is 0 Å². The summed E-state index contributed by atoms with van der Waals surface area (Å²) < 4.78 is 1.61. The summed E-state index contributed by atoms with van der Waals surface area (Å²) in [6.45, 7) is 4.59. The standard InChI is InChI=1S/C10H15.2ClH.Zr/c1-3-6-9(2)10-7-4-5-8-10;;;/h7-9H,3-4,6H2,1-2H3;2*1H;/q;;;+2/p-2. The third kappa shape index (κ3) is 5.40. The predicted octanol–water partition coefficient (Wildman–Crippen LogP) is -2.81. The normalized spacial score (nSPS) is 16.6.